The van der Waals surface area contributed by atoms with Crippen LogP contribution in [-0.2, 0) is 11.8 Å². The van der Waals surface area contributed by atoms with Crippen LogP contribution in [0, 0.1) is 0 Å². The number of rotatable bonds is 5. The third kappa shape index (κ3) is 3.13. The number of hydrogen-bond acceptors (Lipinski definition) is 7. The molecule has 0 saturated carbocycles. The Labute approximate surface area is 160 Å². The van der Waals surface area contributed by atoms with Gasteiger partial charge in [0.1, 0.15) is 28.3 Å². The lowest BCUT2D eigenvalue weighted by Crippen LogP contribution is -2.15. The molecule has 0 spiro atoms. The molecule has 0 radical (unpaired) electrons. The maximum Gasteiger partial charge on any atom is 0.274 e. The molecule has 0 unspecified atom stereocenters. The summed E-state index contributed by atoms with van der Waals surface area (Å²) in [6.07, 6.45) is 1.94. The fourth-order valence-electron chi connectivity index (χ4n) is 3.32. The van der Waals surface area contributed by atoms with Gasteiger partial charge >= 0.3 is 0 Å². The number of carbonyl (C=O) groups is 1. The maximum atomic E-state index is 12.8. The van der Waals surface area contributed by atoms with Gasteiger partial charge < -0.3 is 18.8 Å². The number of benzene rings is 1. The molecule has 9 heteroatoms. The molecule has 0 aliphatic carbocycles. The Kier molecular flexibility index (Phi) is 4.71. The summed E-state index contributed by atoms with van der Waals surface area (Å²) in [6.45, 7) is 0.742. The van der Waals surface area contributed by atoms with Gasteiger partial charge in [0.05, 0.1) is 19.7 Å². The summed E-state index contributed by atoms with van der Waals surface area (Å²) in [4.78, 5) is 12.8. The molecular formula is C18H20N4O4S. The second-order valence-electron chi connectivity index (χ2n) is 6.22. The van der Waals surface area contributed by atoms with Crippen LogP contribution >= 0.6 is 11.3 Å². The highest BCUT2D eigenvalue weighted by atomic mass is 32.1. The number of aromatic nitrogens is 3. The zero-order valence-electron chi connectivity index (χ0n) is 15.3. The molecular weight excluding hydrogens is 368 g/mol. The molecule has 1 amide bonds. The molecule has 142 valence electrons. The second-order valence-corrected chi connectivity index (χ2v) is 7.23. The molecule has 0 bridgehead atoms. The smallest absolute Gasteiger partial charge is 0.274 e. The third-order valence-corrected chi connectivity index (χ3v) is 5.59. The largest absolute Gasteiger partial charge is 0.496 e. The normalized spacial score (nSPS) is 16.6. The molecule has 4 rings (SSSR count). The predicted molar refractivity (Wildman–Crippen MR) is 102 cm³/mol. The molecule has 3 heterocycles. The van der Waals surface area contributed by atoms with Crippen LogP contribution in [0.25, 0.3) is 10.9 Å². The Hall–Kier alpha value is -2.65. The monoisotopic (exact) mass is 388 g/mol. The number of methoxy groups -OCH3 is 2. The number of fused-ring (bicyclic) bond motifs is 1. The number of aryl methyl sites for hydroxylation is 1. The minimum Gasteiger partial charge on any atom is -0.496 e. The number of nitrogens with zero attached hydrogens (tertiary/aromatic N) is 3. The first kappa shape index (κ1) is 17.7. The zero-order valence-corrected chi connectivity index (χ0v) is 16.1. The Morgan fingerprint density at radius 2 is 2.07 bits per heavy atom. The Balaban J connectivity index is 1.64. The molecule has 27 heavy (non-hydrogen) atoms. The predicted octanol–water partition coefficient (Wildman–Crippen LogP) is 3.15. The average Bonchev–Trinajstić information content (AvgIpc) is 3.41. The van der Waals surface area contributed by atoms with E-state index in [-0.39, 0.29) is 12.0 Å². The molecule has 3 aromatic rings. The SMILES string of the molecule is COc1ccc(OC)c2c1cc(C(=O)Nc1nnc([C@H]3CCCO3)s1)n2C. The minimum absolute atomic E-state index is 0.0145. The minimum atomic E-state index is -0.271. The highest BCUT2D eigenvalue weighted by molar-refractivity contribution is 7.15. The van der Waals surface area contributed by atoms with Crippen LogP contribution in [-0.4, -0.2) is 41.5 Å². The van der Waals surface area contributed by atoms with E-state index in [1.54, 1.807) is 24.9 Å². The summed E-state index contributed by atoms with van der Waals surface area (Å²) < 4.78 is 18.3. The van der Waals surface area contributed by atoms with E-state index in [1.165, 1.54) is 11.3 Å². The Morgan fingerprint density at radius 3 is 2.78 bits per heavy atom. The van der Waals surface area contributed by atoms with Crippen molar-refractivity contribution >= 4 is 33.3 Å². The van der Waals surface area contributed by atoms with Gasteiger partial charge in [0, 0.05) is 19.0 Å². The maximum absolute atomic E-state index is 12.8. The van der Waals surface area contributed by atoms with Crippen LogP contribution in [0.15, 0.2) is 18.2 Å². The van der Waals surface area contributed by atoms with E-state index in [9.17, 15) is 4.79 Å². The van der Waals surface area contributed by atoms with Crippen molar-refractivity contribution in [1.29, 1.82) is 0 Å². The zero-order chi connectivity index (χ0) is 19.0. The van der Waals surface area contributed by atoms with E-state index in [1.807, 2.05) is 19.2 Å². The van der Waals surface area contributed by atoms with Gasteiger partial charge in [-0.15, -0.1) is 10.2 Å². The summed E-state index contributed by atoms with van der Waals surface area (Å²) in [7, 11) is 5.01. The van der Waals surface area contributed by atoms with Crippen molar-refractivity contribution in [3.63, 3.8) is 0 Å². The summed E-state index contributed by atoms with van der Waals surface area (Å²) in [6, 6.07) is 5.43. The molecule has 1 aliphatic rings. The number of anilines is 1. The van der Waals surface area contributed by atoms with E-state index in [4.69, 9.17) is 14.2 Å². The van der Waals surface area contributed by atoms with Crippen molar-refractivity contribution in [2.45, 2.75) is 18.9 Å². The molecule has 2 aromatic heterocycles. The van der Waals surface area contributed by atoms with Crippen LogP contribution < -0.4 is 14.8 Å². The van der Waals surface area contributed by atoms with Crippen LogP contribution in [0.1, 0.15) is 34.4 Å². The molecule has 1 aliphatic heterocycles. The highest BCUT2D eigenvalue weighted by Gasteiger charge is 2.24. The number of hydrogen-bond donors (Lipinski definition) is 1. The van der Waals surface area contributed by atoms with Crippen LogP contribution in [0.2, 0.25) is 0 Å². The van der Waals surface area contributed by atoms with Crippen LogP contribution in [0.3, 0.4) is 0 Å². The number of ether oxygens (including phenoxy) is 3. The van der Waals surface area contributed by atoms with E-state index < -0.39 is 0 Å². The summed E-state index contributed by atoms with van der Waals surface area (Å²) in [5.41, 5.74) is 1.26. The quantitative estimate of drug-likeness (QED) is 0.722. The first-order valence-electron chi connectivity index (χ1n) is 8.59. The Morgan fingerprint density at radius 1 is 1.30 bits per heavy atom. The average molecular weight is 388 g/mol. The number of amides is 1. The molecule has 1 saturated heterocycles. The van der Waals surface area contributed by atoms with Crippen LogP contribution in [0.4, 0.5) is 5.13 Å². The molecule has 1 fully saturated rings. The Bertz CT molecular complexity index is 991. The fraction of sp³-hybridized carbons (Fsp3) is 0.389. The van der Waals surface area contributed by atoms with E-state index in [0.717, 1.165) is 35.4 Å². The molecule has 1 aromatic carbocycles. The fourth-order valence-corrected chi connectivity index (χ4v) is 4.14. The van der Waals surface area contributed by atoms with E-state index in [0.29, 0.717) is 22.3 Å². The van der Waals surface area contributed by atoms with Crippen molar-refractivity contribution in [2.75, 3.05) is 26.1 Å². The van der Waals surface area contributed by atoms with Gasteiger partial charge in [0.15, 0.2) is 0 Å². The van der Waals surface area contributed by atoms with Gasteiger partial charge in [-0.2, -0.15) is 0 Å². The first-order chi connectivity index (χ1) is 13.1. The molecule has 8 nitrogen and oxygen atoms in total. The van der Waals surface area contributed by atoms with Gasteiger partial charge in [-0.25, -0.2) is 0 Å². The van der Waals surface area contributed by atoms with Gasteiger partial charge in [-0.05, 0) is 31.0 Å². The molecule has 1 N–H and O–H groups in total. The summed E-state index contributed by atoms with van der Waals surface area (Å²) >= 11 is 1.34. The van der Waals surface area contributed by atoms with Gasteiger partial charge in [-0.3, -0.25) is 10.1 Å². The standard InChI is InChI=1S/C18H20N4O4S/c1-22-11(9-10-12(24-2)6-7-13(25-3)15(10)22)16(23)19-18-21-20-17(27-18)14-5-4-8-26-14/h6-7,9,14H,4-5,8H2,1-3H3,(H,19,21,23)/t14-/m1/s1. The van der Waals surface area contributed by atoms with Gasteiger partial charge in [-0.1, -0.05) is 11.3 Å². The highest BCUT2D eigenvalue weighted by Crippen LogP contribution is 2.36. The lowest BCUT2D eigenvalue weighted by Gasteiger charge is -2.08. The van der Waals surface area contributed by atoms with Crippen molar-refractivity contribution in [1.82, 2.24) is 14.8 Å². The lowest BCUT2D eigenvalue weighted by molar-refractivity contribution is 0.101. The van der Waals surface area contributed by atoms with E-state index >= 15 is 0 Å². The first-order valence-corrected chi connectivity index (χ1v) is 9.40. The van der Waals surface area contributed by atoms with Crippen molar-refractivity contribution in [3.8, 4) is 11.5 Å². The lowest BCUT2D eigenvalue weighted by atomic mass is 10.2. The molecule has 1 atom stereocenters. The number of carbonyl (C=O) groups excluding carboxylic acids is 1. The summed E-state index contributed by atoms with van der Waals surface area (Å²) in [5.74, 6) is 1.08. The number of nitrogens with one attached hydrogen (secondary N) is 1. The van der Waals surface area contributed by atoms with Crippen molar-refractivity contribution < 1.29 is 19.0 Å². The second kappa shape index (κ2) is 7.16. The topological polar surface area (TPSA) is 87.5 Å². The van der Waals surface area contributed by atoms with Crippen molar-refractivity contribution in [3.05, 3.63) is 28.9 Å². The van der Waals surface area contributed by atoms with Gasteiger partial charge in [0.25, 0.3) is 5.91 Å². The van der Waals surface area contributed by atoms with Crippen molar-refractivity contribution in [2.24, 2.45) is 7.05 Å². The van der Waals surface area contributed by atoms with Crippen LogP contribution in [0.5, 0.6) is 11.5 Å². The van der Waals surface area contributed by atoms with E-state index in [2.05, 4.69) is 15.5 Å². The summed E-state index contributed by atoms with van der Waals surface area (Å²) in [5, 5.41) is 13.1. The van der Waals surface area contributed by atoms with Gasteiger partial charge in [0.2, 0.25) is 5.13 Å². The third-order valence-electron chi connectivity index (χ3n) is 4.66.